The number of amides is 2. The summed E-state index contributed by atoms with van der Waals surface area (Å²) in [7, 11) is 0. The van der Waals surface area contributed by atoms with Gasteiger partial charge in [0, 0.05) is 31.1 Å². The molecule has 1 saturated heterocycles. The van der Waals surface area contributed by atoms with Crippen molar-refractivity contribution in [2.45, 2.75) is 39.0 Å². The third kappa shape index (κ3) is 4.04. The first-order chi connectivity index (χ1) is 14.7. The largest absolute Gasteiger partial charge is 0.350 e. The number of aromatic amines is 1. The van der Waals surface area contributed by atoms with Gasteiger partial charge in [0.05, 0.1) is 5.52 Å². The molecule has 2 N–H and O–H groups in total. The van der Waals surface area contributed by atoms with Crippen molar-refractivity contribution in [3.8, 4) is 0 Å². The van der Waals surface area contributed by atoms with Gasteiger partial charge in [0.2, 0.25) is 5.91 Å². The minimum atomic E-state index is -0.469. The van der Waals surface area contributed by atoms with Crippen LogP contribution in [0.4, 0.5) is 14.5 Å². The summed E-state index contributed by atoms with van der Waals surface area (Å²) >= 11 is 0. The Kier molecular flexibility index (Phi) is 5.29. The highest BCUT2D eigenvalue weighted by Gasteiger charge is 2.33. The molecule has 7 heteroatoms. The Morgan fingerprint density at radius 3 is 2.45 bits per heavy atom. The highest BCUT2D eigenvalue weighted by atomic mass is 19.1. The number of carbonyl (C=O) groups is 2. The molecule has 2 aromatic carbocycles. The summed E-state index contributed by atoms with van der Waals surface area (Å²) in [5.74, 6) is -1.28. The maximum atomic E-state index is 14.4. The summed E-state index contributed by atoms with van der Waals surface area (Å²) in [6.45, 7) is 6.66. The van der Waals surface area contributed by atoms with Crippen molar-refractivity contribution < 1.29 is 18.4 Å². The lowest BCUT2D eigenvalue weighted by molar-refractivity contribution is -0.130. The lowest BCUT2D eigenvalue weighted by atomic mass is 9.74. The summed E-state index contributed by atoms with van der Waals surface area (Å²) in [5.41, 5.74) is 2.42. The number of piperidine rings is 1. The van der Waals surface area contributed by atoms with Gasteiger partial charge < -0.3 is 15.2 Å². The monoisotopic (exact) mass is 425 g/mol. The van der Waals surface area contributed by atoms with Crippen LogP contribution in [0.3, 0.4) is 0 Å². The van der Waals surface area contributed by atoms with Crippen LogP contribution in [-0.4, -0.2) is 34.8 Å². The molecule has 0 aliphatic carbocycles. The molecule has 0 unspecified atom stereocenters. The minimum absolute atomic E-state index is 0.0410. The van der Waals surface area contributed by atoms with Crippen LogP contribution in [0.25, 0.3) is 10.9 Å². The van der Waals surface area contributed by atoms with Crippen LogP contribution in [0.5, 0.6) is 0 Å². The van der Waals surface area contributed by atoms with Crippen LogP contribution >= 0.6 is 0 Å². The first kappa shape index (κ1) is 21.0. The number of anilines is 1. The molecule has 0 radical (unpaired) electrons. The molecular weight excluding hydrogens is 400 g/mol. The topological polar surface area (TPSA) is 65.2 Å². The van der Waals surface area contributed by atoms with Gasteiger partial charge in [-0.25, -0.2) is 8.78 Å². The number of carbonyl (C=O) groups excluding carboxylic acids is 2. The van der Waals surface area contributed by atoms with Crippen molar-refractivity contribution in [2.24, 2.45) is 0 Å². The fraction of sp³-hybridized carbons (Fsp3) is 0.333. The van der Waals surface area contributed by atoms with Crippen molar-refractivity contribution >= 4 is 28.4 Å². The summed E-state index contributed by atoms with van der Waals surface area (Å²) in [6, 6.07) is 9.01. The molecule has 162 valence electrons. The number of aryl methyl sites for hydroxylation is 1. The van der Waals surface area contributed by atoms with Crippen molar-refractivity contribution in [3.05, 3.63) is 64.9 Å². The molecule has 0 atom stereocenters. The zero-order valence-electron chi connectivity index (χ0n) is 17.8. The van der Waals surface area contributed by atoms with E-state index in [-0.39, 0.29) is 17.0 Å². The van der Waals surface area contributed by atoms with Gasteiger partial charge in [0.15, 0.2) is 0 Å². The second-order valence-corrected chi connectivity index (χ2v) is 8.59. The number of nitrogens with one attached hydrogen (secondary N) is 2. The number of halogens is 2. The van der Waals surface area contributed by atoms with E-state index in [1.54, 1.807) is 24.0 Å². The van der Waals surface area contributed by atoms with Crippen LogP contribution < -0.4 is 5.32 Å². The maximum absolute atomic E-state index is 14.4. The predicted molar refractivity (Wildman–Crippen MR) is 116 cm³/mol. The standard InChI is InChI=1S/C24H25F2N3O2/c1-14-4-5-20(26)19-13-21(28-22(14)19)23(31)27-18-11-16(10-17(25)12-18)24(3)6-8-29(9-7-24)15(2)30/h4-5,10-13,28H,6-9H2,1-3H3,(H,27,31). The molecule has 3 aromatic rings. The van der Waals surface area contributed by atoms with Crippen LogP contribution in [0.15, 0.2) is 36.4 Å². The predicted octanol–water partition coefficient (Wildman–Crippen LogP) is 4.91. The SMILES string of the molecule is CC(=O)N1CCC(C)(c2cc(F)cc(NC(=O)c3cc4c(F)ccc(C)c4[nH]3)c2)CC1. The third-order valence-electron chi connectivity index (χ3n) is 6.36. The summed E-state index contributed by atoms with van der Waals surface area (Å²) in [5, 5.41) is 3.07. The van der Waals surface area contributed by atoms with E-state index >= 15 is 0 Å². The Bertz CT molecular complexity index is 1140. The van der Waals surface area contributed by atoms with Gasteiger partial charge in [0.1, 0.15) is 17.3 Å². The fourth-order valence-electron chi connectivity index (χ4n) is 4.26. The molecule has 1 fully saturated rings. The summed E-state index contributed by atoms with van der Waals surface area (Å²) in [6.07, 6.45) is 1.42. The second kappa shape index (κ2) is 7.80. The molecule has 31 heavy (non-hydrogen) atoms. The smallest absolute Gasteiger partial charge is 0.272 e. The van der Waals surface area contributed by atoms with E-state index in [1.807, 2.05) is 13.8 Å². The third-order valence-corrected chi connectivity index (χ3v) is 6.36. The number of likely N-dealkylation sites (tertiary alicyclic amines) is 1. The zero-order chi connectivity index (χ0) is 22.3. The summed E-state index contributed by atoms with van der Waals surface area (Å²) < 4.78 is 28.5. The van der Waals surface area contributed by atoms with Crippen molar-refractivity contribution in [1.29, 1.82) is 0 Å². The molecule has 0 saturated carbocycles. The van der Waals surface area contributed by atoms with Crippen molar-refractivity contribution in [2.75, 3.05) is 18.4 Å². The summed E-state index contributed by atoms with van der Waals surface area (Å²) in [4.78, 5) is 29.1. The van der Waals surface area contributed by atoms with Gasteiger partial charge in [-0.3, -0.25) is 9.59 Å². The van der Waals surface area contributed by atoms with Gasteiger partial charge in [0.25, 0.3) is 5.91 Å². The number of nitrogens with zero attached hydrogens (tertiary/aromatic N) is 1. The van der Waals surface area contributed by atoms with E-state index < -0.39 is 17.5 Å². The van der Waals surface area contributed by atoms with Crippen molar-refractivity contribution in [3.63, 3.8) is 0 Å². The number of rotatable bonds is 3. The molecule has 1 aromatic heterocycles. The van der Waals surface area contributed by atoms with E-state index in [0.29, 0.717) is 42.5 Å². The van der Waals surface area contributed by atoms with Crippen molar-refractivity contribution in [1.82, 2.24) is 9.88 Å². The number of H-pyrrole nitrogens is 1. The van der Waals surface area contributed by atoms with E-state index in [4.69, 9.17) is 0 Å². The Labute approximate surface area is 179 Å². The van der Waals surface area contributed by atoms with Crippen LogP contribution in [-0.2, 0) is 10.2 Å². The van der Waals surface area contributed by atoms with Gasteiger partial charge in [-0.1, -0.05) is 13.0 Å². The van der Waals surface area contributed by atoms with Gasteiger partial charge in [-0.2, -0.15) is 0 Å². The lowest BCUT2D eigenvalue weighted by Gasteiger charge is -2.39. The minimum Gasteiger partial charge on any atom is -0.350 e. The number of fused-ring (bicyclic) bond motifs is 1. The van der Waals surface area contributed by atoms with Crippen LogP contribution in [0, 0.1) is 18.6 Å². The average Bonchev–Trinajstić information content (AvgIpc) is 3.18. The number of benzene rings is 2. The molecule has 5 nitrogen and oxygen atoms in total. The van der Waals surface area contributed by atoms with Gasteiger partial charge in [-0.05, 0) is 66.6 Å². The molecule has 4 rings (SSSR count). The van der Waals surface area contributed by atoms with E-state index in [2.05, 4.69) is 10.3 Å². The lowest BCUT2D eigenvalue weighted by Crippen LogP contribution is -2.43. The highest BCUT2D eigenvalue weighted by Crippen LogP contribution is 2.36. The van der Waals surface area contributed by atoms with Gasteiger partial charge in [-0.15, -0.1) is 0 Å². The molecule has 0 bridgehead atoms. The highest BCUT2D eigenvalue weighted by molar-refractivity contribution is 6.06. The second-order valence-electron chi connectivity index (χ2n) is 8.59. The Hall–Kier alpha value is -3.22. The molecule has 2 amide bonds. The first-order valence-electron chi connectivity index (χ1n) is 10.3. The molecule has 1 aliphatic heterocycles. The number of aromatic nitrogens is 1. The fourth-order valence-corrected chi connectivity index (χ4v) is 4.26. The zero-order valence-corrected chi connectivity index (χ0v) is 17.8. The van der Waals surface area contributed by atoms with E-state index in [1.165, 1.54) is 24.3 Å². The Morgan fingerprint density at radius 2 is 1.81 bits per heavy atom. The Balaban J connectivity index is 1.58. The van der Waals surface area contributed by atoms with Crippen LogP contribution in [0.1, 0.15) is 48.3 Å². The van der Waals surface area contributed by atoms with Crippen LogP contribution in [0.2, 0.25) is 0 Å². The molecule has 0 spiro atoms. The number of hydrogen-bond donors (Lipinski definition) is 2. The normalized spacial score (nSPS) is 15.8. The Morgan fingerprint density at radius 1 is 1.10 bits per heavy atom. The maximum Gasteiger partial charge on any atom is 0.272 e. The van der Waals surface area contributed by atoms with E-state index in [9.17, 15) is 18.4 Å². The molecule has 1 aliphatic rings. The quantitative estimate of drug-likeness (QED) is 0.626. The first-order valence-corrected chi connectivity index (χ1v) is 10.3. The average molecular weight is 425 g/mol. The molecular formula is C24H25F2N3O2. The van der Waals surface area contributed by atoms with Gasteiger partial charge >= 0.3 is 0 Å². The number of hydrogen-bond acceptors (Lipinski definition) is 2. The van der Waals surface area contributed by atoms with E-state index in [0.717, 1.165) is 11.1 Å². The molecule has 2 heterocycles.